The van der Waals surface area contributed by atoms with Crippen LogP contribution in [0.2, 0.25) is 0 Å². The highest BCUT2D eigenvalue weighted by atomic mass is 16.2. The van der Waals surface area contributed by atoms with Crippen molar-refractivity contribution in [3.63, 3.8) is 0 Å². The number of anilines is 2. The van der Waals surface area contributed by atoms with E-state index in [0.29, 0.717) is 23.4 Å². The second-order valence-electron chi connectivity index (χ2n) is 7.14. The lowest BCUT2D eigenvalue weighted by Gasteiger charge is -2.13. The van der Waals surface area contributed by atoms with E-state index in [0.717, 1.165) is 16.8 Å². The summed E-state index contributed by atoms with van der Waals surface area (Å²) in [6.45, 7) is 2.36. The molecule has 148 valence electrons. The van der Waals surface area contributed by atoms with Crippen LogP contribution in [0.15, 0.2) is 72.8 Å². The van der Waals surface area contributed by atoms with E-state index >= 15 is 0 Å². The molecule has 3 rings (SSSR count). The van der Waals surface area contributed by atoms with E-state index in [2.05, 4.69) is 10.6 Å². The third-order valence-electron chi connectivity index (χ3n) is 4.60. The Balaban J connectivity index is 1.60. The molecule has 0 unspecified atom stereocenters. The zero-order chi connectivity index (χ0) is 20.8. The fourth-order valence-electron chi connectivity index (χ4n) is 2.86. The number of carbonyl (C=O) groups excluding carboxylic acids is 2. The fourth-order valence-corrected chi connectivity index (χ4v) is 2.86. The zero-order valence-electron chi connectivity index (χ0n) is 16.9. The topological polar surface area (TPSA) is 61.4 Å². The van der Waals surface area contributed by atoms with Crippen molar-refractivity contribution in [3.05, 3.63) is 95.1 Å². The molecule has 0 saturated heterocycles. The van der Waals surface area contributed by atoms with E-state index < -0.39 is 0 Å². The average molecular weight is 387 g/mol. The van der Waals surface area contributed by atoms with Gasteiger partial charge in [0.1, 0.15) is 0 Å². The zero-order valence-corrected chi connectivity index (χ0v) is 16.9. The van der Waals surface area contributed by atoms with Crippen LogP contribution in [-0.2, 0) is 6.54 Å². The summed E-state index contributed by atoms with van der Waals surface area (Å²) in [6.07, 6.45) is 0. The molecule has 0 aromatic heterocycles. The number of amides is 2. The molecule has 3 aromatic rings. The molecule has 0 fully saturated rings. The summed E-state index contributed by atoms with van der Waals surface area (Å²) >= 11 is 0. The molecule has 2 N–H and O–H groups in total. The van der Waals surface area contributed by atoms with Gasteiger partial charge in [0, 0.05) is 43.1 Å². The quantitative estimate of drug-likeness (QED) is 0.665. The maximum absolute atomic E-state index is 12.4. The number of benzene rings is 3. The van der Waals surface area contributed by atoms with E-state index in [1.54, 1.807) is 12.1 Å². The van der Waals surface area contributed by atoms with Crippen molar-refractivity contribution >= 4 is 23.2 Å². The Hall–Kier alpha value is -3.60. The lowest BCUT2D eigenvalue weighted by molar-refractivity contribution is 0.0950. The van der Waals surface area contributed by atoms with Crippen molar-refractivity contribution in [1.82, 2.24) is 5.32 Å². The van der Waals surface area contributed by atoms with Crippen molar-refractivity contribution in [1.29, 1.82) is 0 Å². The number of nitrogens with one attached hydrogen (secondary N) is 2. The van der Waals surface area contributed by atoms with Gasteiger partial charge in [-0.15, -0.1) is 0 Å². The van der Waals surface area contributed by atoms with E-state index in [-0.39, 0.29) is 11.8 Å². The molecule has 0 atom stereocenters. The molecule has 29 heavy (non-hydrogen) atoms. The Bertz CT molecular complexity index is 993. The third kappa shape index (κ3) is 5.45. The summed E-state index contributed by atoms with van der Waals surface area (Å²) in [6, 6.07) is 22.3. The Morgan fingerprint density at radius 1 is 0.828 bits per heavy atom. The molecule has 0 heterocycles. The lowest BCUT2D eigenvalue weighted by atomic mass is 10.1. The van der Waals surface area contributed by atoms with E-state index in [4.69, 9.17) is 0 Å². The molecule has 0 aliphatic carbocycles. The van der Waals surface area contributed by atoms with Crippen LogP contribution in [0.3, 0.4) is 0 Å². The predicted molar refractivity (Wildman–Crippen MR) is 118 cm³/mol. The monoisotopic (exact) mass is 387 g/mol. The van der Waals surface area contributed by atoms with Crippen LogP contribution >= 0.6 is 0 Å². The summed E-state index contributed by atoms with van der Waals surface area (Å²) in [4.78, 5) is 26.7. The first-order valence-corrected chi connectivity index (χ1v) is 9.45. The van der Waals surface area contributed by atoms with Crippen molar-refractivity contribution < 1.29 is 9.59 Å². The van der Waals surface area contributed by atoms with Gasteiger partial charge in [-0.25, -0.2) is 0 Å². The van der Waals surface area contributed by atoms with Gasteiger partial charge in [-0.2, -0.15) is 0 Å². The van der Waals surface area contributed by atoms with Gasteiger partial charge in [-0.1, -0.05) is 29.8 Å². The third-order valence-corrected chi connectivity index (χ3v) is 4.60. The molecule has 0 saturated carbocycles. The van der Waals surface area contributed by atoms with Gasteiger partial charge in [0.2, 0.25) is 0 Å². The van der Waals surface area contributed by atoms with Crippen molar-refractivity contribution in [3.8, 4) is 0 Å². The Kier molecular flexibility index (Phi) is 6.29. The minimum atomic E-state index is -0.160. The number of nitrogens with zero attached hydrogens (tertiary/aromatic N) is 1. The summed E-state index contributed by atoms with van der Waals surface area (Å²) in [5, 5.41) is 5.82. The van der Waals surface area contributed by atoms with Gasteiger partial charge in [-0.3, -0.25) is 9.59 Å². The first-order valence-electron chi connectivity index (χ1n) is 9.45. The molecule has 0 aliphatic rings. The molecule has 5 nitrogen and oxygen atoms in total. The second kappa shape index (κ2) is 9.06. The van der Waals surface area contributed by atoms with E-state index in [9.17, 15) is 9.59 Å². The van der Waals surface area contributed by atoms with Gasteiger partial charge in [-0.05, 0) is 61.0 Å². The van der Waals surface area contributed by atoms with Crippen LogP contribution in [0.5, 0.6) is 0 Å². The lowest BCUT2D eigenvalue weighted by Crippen LogP contribution is -2.23. The van der Waals surface area contributed by atoms with Crippen LogP contribution in [0, 0.1) is 6.92 Å². The standard InChI is InChI=1S/C24H25N3O2/c1-17-7-9-20(10-8-17)24(29)26-21-6-4-5-18(15-21)16-25-23(28)19-11-13-22(14-12-19)27(2)3/h4-15H,16H2,1-3H3,(H,25,28)(H,26,29). The molecule has 0 radical (unpaired) electrons. The molecular formula is C24H25N3O2. The second-order valence-corrected chi connectivity index (χ2v) is 7.14. The molecule has 3 aromatic carbocycles. The van der Waals surface area contributed by atoms with Gasteiger partial charge in [0.25, 0.3) is 11.8 Å². The minimum absolute atomic E-state index is 0.135. The number of aryl methyl sites for hydroxylation is 1. The highest BCUT2D eigenvalue weighted by Gasteiger charge is 2.08. The van der Waals surface area contributed by atoms with Crippen LogP contribution in [0.4, 0.5) is 11.4 Å². The van der Waals surface area contributed by atoms with E-state index in [1.165, 1.54) is 0 Å². The Morgan fingerprint density at radius 2 is 1.45 bits per heavy atom. The molecular weight excluding hydrogens is 362 g/mol. The van der Waals surface area contributed by atoms with Gasteiger partial charge >= 0.3 is 0 Å². The predicted octanol–water partition coefficient (Wildman–Crippen LogP) is 4.24. The highest BCUT2D eigenvalue weighted by molar-refractivity contribution is 6.04. The largest absolute Gasteiger partial charge is 0.378 e. The SMILES string of the molecule is Cc1ccc(C(=O)Nc2cccc(CNC(=O)c3ccc(N(C)C)cc3)c2)cc1. The molecule has 5 heteroatoms. The minimum Gasteiger partial charge on any atom is -0.378 e. The number of rotatable bonds is 6. The van der Waals surface area contributed by atoms with Crippen molar-refractivity contribution in [2.45, 2.75) is 13.5 Å². The van der Waals surface area contributed by atoms with E-state index in [1.807, 2.05) is 86.6 Å². The summed E-state index contributed by atoms with van der Waals surface area (Å²) in [5.41, 5.74) is 4.96. The van der Waals surface area contributed by atoms with Crippen molar-refractivity contribution in [2.24, 2.45) is 0 Å². The summed E-state index contributed by atoms with van der Waals surface area (Å²) in [7, 11) is 3.92. The maximum atomic E-state index is 12.4. The van der Waals surface area contributed by atoms with Crippen LogP contribution in [0.1, 0.15) is 31.8 Å². The molecule has 0 aliphatic heterocycles. The van der Waals surface area contributed by atoms with Crippen LogP contribution < -0.4 is 15.5 Å². The summed E-state index contributed by atoms with van der Waals surface area (Å²) in [5.74, 6) is -0.295. The maximum Gasteiger partial charge on any atom is 0.255 e. The molecule has 2 amide bonds. The Morgan fingerprint density at radius 3 is 2.10 bits per heavy atom. The summed E-state index contributed by atoms with van der Waals surface area (Å²) < 4.78 is 0. The first-order chi connectivity index (χ1) is 13.9. The molecule has 0 bridgehead atoms. The number of hydrogen-bond donors (Lipinski definition) is 2. The number of carbonyl (C=O) groups is 2. The van der Waals surface area contributed by atoms with Gasteiger partial charge in [0.05, 0.1) is 0 Å². The Labute approximate surface area is 171 Å². The van der Waals surface area contributed by atoms with Gasteiger partial charge < -0.3 is 15.5 Å². The first kappa shape index (κ1) is 20.1. The normalized spacial score (nSPS) is 10.3. The van der Waals surface area contributed by atoms with Gasteiger partial charge in [0.15, 0.2) is 0 Å². The van der Waals surface area contributed by atoms with Crippen LogP contribution in [0.25, 0.3) is 0 Å². The van der Waals surface area contributed by atoms with Crippen molar-refractivity contribution in [2.75, 3.05) is 24.3 Å². The highest BCUT2D eigenvalue weighted by Crippen LogP contribution is 2.14. The smallest absolute Gasteiger partial charge is 0.255 e. The fraction of sp³-hybridized carbons (Fsp3) is 0.167. The molecule has 0 spiro atoms. The van der Waals surface area contributed by atoms with Crippen LogP contribution in [-0.4, -0.2) is 25.9 Å². The number of hydrogen-bond acceptors (Lipinski definition) is 3. The average Bonchev–Trinajstić information content (AvgIpc) is 2.73.